The van der Waals surface area contributed by atoms with Gasteiger partial charge in [-0.3, -0.25) is 4.79 Å². The molecule has 0 aliphatic heterocycles. The van der Waals surface area contributed by atoms with Crippen molar-refractivity contribution in [1.82, 2.24) is 5.32 Å². The van der Waals surface area contributed by atoms with Crippen LogP contribution in [-0.2, 0) is 0 Å². The normalized spacial score (nSPS) is 11.7. The third-order valence-corrected chi connectivity index (χ3v) is 3.56. The van der Waals surface area contributed by atoms with Crippen molar-refractivity contribution in [2.75, 3.05) is 0 Å². The summed E-state index contributed by atoms with van der Waals surface area (Å²) in [7, 11) is 0. The van der Waals surface area contributed by atoms with Gasteiger partial charge in [-0.1, -0.05) is 61.6 Å². The van der Waals surface area contributed by atoms with Crippen molar-refractivity contribution < 1.29 is 4.79 Å². The van der Waals surface area contributed by atoms with Gasteiger partial charge in [-0.15, -0.1) is 0 Å². The lowest BCUT2D eigenvalue weighted by atomic mass is 10.0. The highest BCUT2D eigenvalue weighted by Gasteiger charge is 2.14. The first-order chi connectivity index (χ1) is 10.1. The summed E-state index contributed by atoms with van der Waals surface area (Å²) in [5.74, 6) is -0.121. The minimum absolute atomic E-state index is 0.00724. The minimum Gasteiger partial charge on any atom is -0.389 e. The second-order valence-electron chi connectivity index (χ2n) is 4.79. The van der Waals surface area contributed by atoms with Crippen LogP contribution in [0.4, 0.5) is 0 Å². The van der Waals surface area contributed by atoms with Crippen LogP contribution in [0.3, 0.4) is 0 Å². The topological polar surface area (TPSA) is 55.1 Å². The van der Waals surface area contributed by atoms with Crippen LogP contribution >= 0.6 is 12.2 Å². The first kappa shape index (κ1) is 15.2. The van der Waals surface area contributed by atoms with E-state index in [0.717, 1.165) is 12.0 Å². The zero-order chi connectivity index (χ0) is 15.2. The van der Waals surface area contributed by atoms with Crippen molar-refractivity contribution in [2.45, 2.75) is 19.4 Å². The molecule has 2 rings (SSSR count). The fourth-order valence-electron chi connectivity index (χ4n) is 2.16. The second-order valence-corrected chi connectivity index (χ2v) is 5.23. The van der Waals surface area contributed by atoms with Crippen LogP contribution in [0, 0.1) is 0 Å². The number of carbonyl (C=O) groups is 1. The molecule has 0 aromatic heterocycles. The molecule has 1 amide bonds. The van der Waals surface area contributed by atoms with Crippen LogP contribution in [0.2, 0.25) is 0 Å². The molecule has 1 atom stereocenters. The van der Waals surface area contributed by atoms with Gasteiger partial charge in [0.15, 0.2) is 0 Å². The average Bonchev–Trinajstić information content (AvgIpc) is 2.53. The van der Waals surface area contributed by atoms with Crippen LogP contribution in [0.5, 0.6) is 0 Å². The molecule has 21 heavy (non-hydrogen) atoms. The van der Waals surface area contributed by atoms with Crippen LogP contribution in [0.25, 0.3) is 0 Å². The van der Waals surface area contributed by atoms with Crippen LogP contribution < -0.4 is 11.1 Å². The molecular formula is C17H18N2OS. The van der Waals surface area contributed by atoms with E-state index < -0.39 is 0 Å². The summed E-state index contributed by atoms with van der Waals surface area (Å²) in [6.45, 7) is 2.05. The zero-order valence-electron chi connectivity index (χ0n) is 11.9. The zero-order valence-corrected chi connectivity index (χ0v) is 12.7. The highest BCUT2D eigenvalue weighted by molar-refractivity contribution is 7.80. The first-order valence-electron chi connectivity index (χ1n) is 6.87. The fraction of sp³-hybridized carbons (Fsp3) is 0.176. The van der Waals surface area contributed by atoms with Gasteiger partial charge < -0.3 is 11.1 Å². The predicted octanol–water partition coefficient (Wildman–Crippen LogP) is 3.20. The summed E-state index contributed by atoms with van der Waals surface area (Å²) in [5.41, 5.74) is 7.96. The maximum Gasteiger partial charge on any atom is 0.251 e. The fourth-order valence-corrected chi connectivity index (χ4v) is 2.29. The first-order valence-corrected chi connectivity index (χ1v) is 7.28. The van der Waals surface area contributed by atoms with Crippen LogP contribution in [-0.4, -0.2) is 10.9 Å². The Kier molecular flexibility index (Phi) is 5.06. The molecule has 4 heteroatoms. The Morgan fingerprint density at radius 3 is 2.43 bits per heavy atom. The van der Waals surface area contributed by atoms with E-state index in [-0.39, 0.29) is 11.9 Å². The molecular weight excluding hydrogens is 280 g/mol. The summed E-state index contributed by atoms with van der Waals surface area (Å²) >= 11 is 4.94. The van der Waals surface area contributed by atoms with Gasteiger partial charge in [0.25, 0.3) is 5.91 Å². The maximum absolute atomic E-state index is 12.4. The van der Waals surface area contributed by atoms with Crippen LogP contribution in [0.1, 0.15) is 40.9 Å². The van der Waals surface area contributed by atoms with Gasteiger partial charge in [-0.2, -0.15) is 0 Å². The molecule has 2 aromatic rings. The molecule has 0 saturated carbocycles. The number of nitrogens with two attached hydrogens (primary N) is 1. The van der Waals surface area contributed by atoms with Gasteiger partial charge in [0.05, 0.1) is 6.04 Å². The van der Waals surface area contributed by atoms with Crippen LogP contribution in [0.15, 0.2) is 54.6 Å². The molecule has 1 unspecified atom stereocenters. The van der Waals surface area contributed by atoms with Crippen molar-refractivity contribution in [3.05, 3.63) is 71.3 Å². The van der Waals surface area contributed by atoms with Gasteiger partial charge in [-0.25, -0.2) is 0 Å². The lowest BCUT2D eigenvalue weighted by Gasteiger charge is -2.17. The van der Waals surface area contributed by atoms with Crippen molar-refractivity contribution >= 4 is 23.1 Å². The van der Waals surface area contributed by atoms with Gasteiger partial charge >= 0.3 is 0 Å². The second kappa shape index (κ2) is 6.99. The largest absolute Gasteiger partial charge is 0.389 e. The summed E-state index contributed by atoms with van der Waals surface area (Å²) in [6.07, 6.45) is 0.824. The Balaban J connectivity index is 2.17. The van der Waals surface area contributed by atoms with E-state index in [0.29, 0.717) is 16.1 Å². The molecule has 0 spiro atoms. The summed E-state index contributed by atoms with van der Waals surface area (Å²) in [5, 5.41) is 3.04. The summed E-state index contributed by atoms with van der Waals surface area (Å²) in [6, 6.07) is 17.0. The molecule has 0 bridgehead atoms. The number of hydrogen-bond donors (Lipinski definition) is 2. The Bertz CT molecular complexity index is 640. The van der Waals surface area contributed by atoms with Crippen molar-refractivity contribution in [1.29, 1.82) is 0 Å². The Hall–Kier alpha value is -2.20. The third kappa shape index (κ3) is 3.89. The third-order valence-electron chi connectivity index (χ3n) is 3.32. The van der Waals surface area contributed by atoms with E-state index in [1.54, 1.807) is 24.3 Å². The molecule has 0 aliphatic rings. The SMILES string of the molecule is CCC(NC(=O)c1cccc(C(N)=S)c1)c1ccccc1. The lowest BCUT2D eigenvalue weighted by molar-refractivity contribution is 0.0935. The highest BCUT2D eigenvalue weighted by Crippen LogP contribution is 2.17. The molecule has 3 nitrogen and oxygen atoms in total. The van der Waals surface area contributed by atoms with E-state index in [1.165, 1.54) is 0 Å². The maximum atomic E-state index is 12.4. The Morgan fingerprint density at radius 1 is 1.14 bits per heavy atom. The number of nitrogens with one attached hydrogen (secondary N) is 1. The number of amides is 1. The Morgan fingerprint density at radius 2 is 1.81 bits per heavy atom. The Labute approximate surface area is 130 Å². The van der Waals surface area contributed by atoms with Gasteiger partial charge in [-0.05, 0) is 24.1 Å². The predicted molar refractivity (Wildman–Crippen MR) is 89.3 cm³/mol. The molecule has 0 radical (unpaired) electrons. The molecule has 3 N–H and O–H groups in total. The van der Waals surface area contributed by atoms with Gasteiger partial charge in [0.2, 0.25) is 0 Å². The standard InChI is InChI=1S/C17H18N2OS/c1-2-15(12-7-4-3-5-8-12)19-17(20)14-10-6-9-13(11-14)16(18)21/h3-11,15H,2H2,1H3,(H2,18,21)(H,19,20). The molecule has 0 fully saturated rings. The molecule has 0 saturated heterocycles. The smallest absolute Gasteiger partial charge is 0.251 e. The molecule has 0 heterocycles. The summed E-state index contributed by atoms with van der Waals surface area (Å²) in [4.78, 5) is 12.7. The average molecular weight is 298 g/mol. The van der Waals surface area contributed by atoms with Crippen molar-refractivity contribution in [3.8, 4) is 0 Å². The lowest BCUT2D eigenvalue weighted by Crippen LogP contribution is -2.28. The molecule has 0 aliphatic carbocycles. The van der Waals surface area contributed by atoms with E-state index in [2.05, 4.69) is 5.32 Å². The van der Waals surface area contributed by atoms with Crippen molar-refractivity contribution in [3.63, 3.8) is 0 Å². The van der Waals surface area contributed by atoms with E-state index in [1.807, 2.05) is 37.3 Å². The number of thiocarbonyl (C=S) groups is 1. The number of carbonyl (C=O) groups excluding carboxylic acids is 1. The molecule has 2 aromatic carbocycles. The van der Waals surface area contributed by atoms with E-state index in [4.69, 9.17) is 18.0 Å². The number of hydrogen-bond acceptors (Lipinski definition) is 2. The van der Waals surface area contributed by atoms with Gasteiger partial charge in [0.1, 0.15) is 4.99 Å². The molecule has 108 valence electrons. The van der Waals surface area contributed by atoms with E-state index in [9.17, 15) is 4.79 Å². The highest BCUT2D eigenvalue weighted by atomic mass is 32.1. The van der Waals surface area contributed by atoms with Gasteiger partial charge in [0, 0.05) is 11.1 Å². The minimum atomic E-state index is -0.121. The van der Waals surface area contributed by atoms with E-state index >= 15 is 0 Å². The number of benzene rings is 2. The monoisotopic (exact) mass is 298 g/mol. The van der Waals surface area contributed by atoms with Crippen molar-refractivity contribution in [2.24, 2.45) is 5.73 Å². The number of rotatable bonds is 5. The summed E-state index contributed by atoms with van der Waals surface area (Å²) < 4.78 is 0. The quantitative estimate of drug-likeness (QED) is 0.833.